The Morgan fingerprint density at radius 1 is 1.59 bits per heavy atom. The molecule has 1 aromatic rings. The largest absolute Gasteiger partial charge is 0.365 e. The number of rotatable bonds is 5. The van der Waals surface area contributed by atoms with E-state index in [0.717, 1.165) is 19.3 Å². The fourth-order valence-corrected chi connectivity index (χ4v) is 2.88. The van der Waals surface area contributed by atoms with E-state index in [-0.39, 0.29) is 12.0 Å². The Morgan fingerprint density at radius 2 is 2.41 bits per heavy atom. The molecule has 118 valence electrons. The Morgan fingerprint density at radius 3 is 3.09 bits per heavy atom. The van der Waals surface area contributed by atoms with Crippen molar-refractivity contribution in [1.29, 1.82) is 5.26 Å². The van der Waals surface area contributed by atoms with Crippen LogP contribution in [0.2, 0.25) is 0 Å². The number of nitrogens with one attached hydrogen (secondary N) is 1. The minimum atomic E-state index is -0.477. The lowest BCUT2D eigenvalue weighted by Gasteiger charge is -2.29. The zero-order valence-electron chi connectivity index (χ0n) is 13.2. The molecule has 0 aliphatic heterocycles. The molecule has 1 fully saturated rings. The van der Waals surface area contributed by atoms with E-state index in [0.29, 0.717) is 23.6 Å². The van der Waals surface area contributed by atoms with Crippen LogP contribution < -0.4 is 5.32 Å². The Labute approximate surface area is 131 Å². The van der Waals surface area contributed by atoms with Gasteiger partial charge in [0, 0.05) is 12.4 Å². The van der Waals surface area contributed by atoms with Crippen LogP contribution in [0.1, 0.15) is 51.5 Å². The van der Waals surface area contributed by atoms with Gasteiger partial charge in [0.15, 0.2) is 0 Å². The molecule has 1 saturated carbocycles. The Balaban J connectivity index is 1.98. The molecule has 0 bridgehead atoms. The van der Waals surface area contributed by atoms with Gasteiger partial charge in [-0.2, -0.15) is 5.26 Å². The van der Waals surface area contributed by atoms with Crippen molar-refractivity contribution in [2.24, 2.45) is 5.92 Å². The average molecular weight is 301 g/mol. The van der Waals surface area contributed by atoms with Crippen LogP contribution in [0.5, 0.6) is 0 Å². The first kappa shape index (κ1) is 16.4. The smallest absolute Gasteiger partial charge is 0.253 e. The summed E-state index contributed by atoms with van der Waals surface area (Å²) in [6, 6.07) is 3.66. The molecule has 0 saturated heterocycles. The third-order valence-electron chi connectivity index (χ3n) is 4.11. The molecule has 1 aliphatic rings. The maximum absolute atomic E-state index is 12.4. The maximum Gasteiger partial charge on any atom is 0.253 e. The van der Waals surface area contributed by atoms with E-state index in [1.54, 1.807) is 12.3 Å². The fraction of sp³-hybridized carbons (Fsp3) is 0.588. The number of hydrogen-bond donors (Lipinski definition) is 1. The maximum atomic E-state index is 12.4. The van der Waals surface area contributed by atoms with Crippen LogP contribution in [0.3, 0.4) is 0 Å². The highest BCUT2D eigenvalue weighted by atomic mass is 16.5. The minimum Gasteiger partial charge on any atom is -0.365 e. The van der Waals surface area contributed by atoms with E-state index >= 15 is 0 Å². The molecular weight excluding hydrogens is 278 g/mol. The van der Waals surface area contributed by atoms with Gasteiger partial charge in [0.2, 0.25) is 0 Å². The first-order chi connectivity index (χ1) is 10.6. The predicted molar refractivity (Wildman–Crippen MR) is 84.2 cm³/mol. The van der Waals surface area contributed by atoms with Gasteiger partial charge in [-0.25, -0.2) is 0 Å². The van der Waals surface area contributed by atoms with Gasteiger partial charge in [0.25, 0.3) is 5.91 Å². The number of carbonyl (C=O) groups excluding carboxylic acids is 1. The van der Waals surface area contributed by atoms with Crippen molar-refractivity contribution < 1.29 is 9.53 Å². The van der Waals surface area contributed by atoms with E-state index in [2.05, 4.69) is 17.2 Å². The molecule has 22 heavy (non-hydrogen) atoms. The first-order valence-corrected chi connectivity index (χ1v) is 7.94. The van der Waals surface area contributed by atoms with E-state index < -0.39 is 6.10 Å². The lowest BCUT2D eigenvalue weighted by molar-refractivity contribution is -0.133. The Bertz CT molecular complexity index is 553. The number of anilines is 1. The molecule has 1 N–H and O–H groups in total. The summed E-state index contributed by atoms with van der Waals surface area (Å²) in [7, 11) is 0. The summed E-state index contributed by atoms with van der Waals surface area (Å²) in [5.74, 6) is 0.466. The lowest BCUT2D eigenvalue weighted by atomic mass is 9.88. The van der Waals surface area contributed by atoms with Crippen LogP contribution in [0.4, 0.5) is 5.69 Å². The van der Waals surface area contributed by atoms with Crippen LogP contribution in [-0.2, 0) is 9.53 Å². The highest BCUT2D eigenvalue weighted by Crippen LogP contribution is 2.27. The lowest BCUT2D eigenvalue weighted by Crippen LogP contribution is -2.35. The number of carbonyl (C=O) groups is 1. The van der Waals surface area contributed by atoms with E-state index in [1.165, 1.54) is 12.6 Å². The van der Waals surface area contributed by atoms with Gasteiger partial charge in [-0.3, -0.25) is 9.78 Å². The van der Waals surface area contributed by atoms with Crippen LogP contribution in [0.25, 0.3) is 0 Å². The van der Waals surface area contributed by atoms with Crippen LogP contribution in [-0.4, -0.2) is 23.1 Å². The number of nitrogens with zero attached hydrogens (tertiary/aromatic N) is 2. The fourth-order valence-electron chi connectivity index (χ4n) is 2.88. The van der Waals surface area contributed by atoms with Gasteiger partial charge in [-0.05, 0) is 31.2 Å². The summed E-state index contributed by atoms with van der Waals surface area (Å²) in [6.45, 7) is 4.17. The molecule has 3 unspecified atom stereocenters. The highest BCUT2D eigenvalue weighted by Gasteiger charge is 2.26. The zero-order chi connectivity index (χ0) is 15.9. The van der Waals surface area contributed by atoms with Gasteiger partial charge >= 0.3 is 0 Å². The second kappa shape index (κ2) is 7.90. The number of hydrogen-bond acceptors (Lipinski definition) is 4. The SMILES string of the molecule is CCC(OC1CCCC(C)C1)C(=O)Nc1ccncc1C#N. The van der Waals surface area contributed by atoms with Gasteiger partial charge in [-0.15, -0.1) is 0 Å². The summed E-state index contributed by atoms with van der Waals surface area (Å²) in [6.07, 6.45) is 7.74. The molecule has 1 aliphatic carbocycles. The Hall–Kier alpha value is -1.93. The van der Waals surface area contributed by atoms with E-state index in [4.69, 9.17) is 10.00 Å². The number of nitriles is 1. The van der Waals surface area contributed by atoms with Crippen molar-refractivity contribution >= 4 is 11.6 Å². The third-order valence-corrected chi connectivity index (χ3v) is 4.11. The van der Waals surface area contributed by atoms with Crippen LogP contribution in [0, 0.1) is 17.2 Å². The molecule has 0 aromatic carbocycles. The van der Waals surface area contributed by atoms with Gasteiger partial charge < -0.3 is 10.1 Å². The highest BCUT2D eigenvalue weighted by molar-refractivity contribution is 5.95. The van der Waals surface area contributed by atoms with E-state index in [9.17, 15) is 4.79 Å². The summed E-state index contributed by atoms with van der Waals surface area (Å²) in [4.78, 5) is 16.3. The standard InChI is InChI=1S/C17H23N3O2/c1-3-16(22-14-6-4-5-12(2)9-14)17(21)20-15-7-8-19-11-13(15)10-18/h7-8,11-12,14,16H,3-6,9H2,1-2H3,(H,19,20,21). The molecule has 0 spiro atoms. The Kier molecular flexibility index (Phi) is 5.91. The molecule has 0 radical (unpaired) electrons. The summed E-state index contributed by atoms with van der Waals surface area (Å²) in [5.41, 5.74) is 0.846. The minimum absolute atomic E-state index is 0.160. The zero-order valence-corrected chi connectivity index (χ0v) is 13.2. The van der Waals surface area contributed by atoms with Crippen molar-refractivity contribution in [3.8, 4) is 6.07 Å². The quantitative estimate of drug-likeness (QED) is 0.905. The topological polar surface area (TPSA) is 75.0 Å². The van der Waals surface area contributed by atoms with E-state index in [1.807, 2.05) is 13.0 Å². The number of aromatic nitrogens is 1. The summed E-state index contributed by atoms with van der Waals surface area (Å²) < 4.78 is 6.01. The monoisotopic (exact) mass is 301 g/mol. The normalized spacial score (nSPS) is 22.6. The summed E-state index contributed by atoms with van der Waals surface area (Å²) in [5, 5.41) is 11.8. The predicted octanol–water partition coefficient (Wildman–Crippen LogP) is 3.27. The van der Waals surface area contributed by atoms with Crippen molar-refractivity contribution in [3.05, 3.63) is 24.0 Å². The number of pyridine rings is 1. The molecule has 3 atom stereocenters. The second-order valence-corrected chi connectivity index (χ2v) is 5.95. The molecule has 5 nitrogen and oxygen atoms in total. The molecule has 2 rings (SSSR count). The van der Waals surface area contributed by atoms with Crippen molar-refractivity contribution in [2.75, 3.05) is 5.32 Å². The summed E-state index contributed by atoms with van der Waals surface area (Å²) >= 11 is 0. The second-order valence-electron chi connectivity index (χ2n) is 5.95. The van der Waals surface area contributed by atoms with Gasteiger partial charge in [0.05, 0.1) is 17.4 Å². The number of ether oxygens (including phenoxy) is 1. The van der Waals surface area contributed by atoms with Crippen molar-refractivity contribution in [1.82, 2.24) is 4.98 Å². The molecule has 1 aromatic heterocycles. The molecule has 1 heterocycles. The number of amides is 1. The van der Waals surface area contributed by atoms with Crippen molar-refractivity contribution in [3.63, 3.8) is 0 Å². The molecule has 5 heteroatoms. The molecule has 1 amide bonds. The van der Waals surface area contributed by atoms with Gasteiger partial charge in [0.1, 0.15) is 12.2 Å². The van der Waals surface area contributed by atoms with Crippen LogP contribution in [0.15, 0.2) is 18.5 Å². The average Bonchev–Trinajstić information content (AvgIpc) is 2.53. The van der Waals surface area contributed by atoms with Crippen molar-refractivity contribution in [2.45, 2.75) is 58.2 Å². The third kappa shape index (κ3) is 4.28. The van der Waals surface area contributed by atoms with Crippen LogP contribution >= 0.6 is 0 Å². The van der Waals surface area contributed by atoms with Gasteiger partial charge in [-0.1, -0.05) is 26.7 Å². The molecular formula is C17H23N3O2. The first-order valence-electron chi connectivity index (χ1n) is 7.94.